The first-order valence-corrected chi connectivity index (χ1v) is 8.93. The van der Waals surface area contributed by atoms with E-state index >= 15 is 0 Å². The van der Waals surface area contributed by atoms with Gasteiger partial charge < -0.3 is 14.7 Å². The number of benzene rings is 1. The number of ether oxygens (including phenoxy) is 1. The number of aliphatic hydroxyl groups is 1. The number of amides is 1. The second-order valence-corrected chi connectivity index (χ2v) is 6.27. The maximum Gasteiger partial charge on any atom is 0.403 e. The molecule has 0 aromatic heterocycles. The largest absolute Gasteiger partial charge is 0.497 e. The molecule has 0 aliphatic rings. The minimum Gasteiger partial charge on any atom is -0.497 e. The standard InChI is InChI=1S/C19H28F3NO3/c1-4-6-12-23(13-7-5-2)18(25)16(19(20,21)22)17(24)14-8-10-15(26-3)11-9-14/h8-11,16-17,24H,4-7,12-13H2,1-3H3/t16-,17+/m1/s1. The van der Waals surface area contributed by atoms with E-state index in [0.29, 0.717) is 18.6 Å². The Morgan fingerprint density at radius 3 is 2.00 bits per heavy atom. The molecular weight excluding hydrogens is 347 g/mol. The topological polar surface area (TPSA) is 49.8 Å². The molecule has 7 heteroatoms. The van der Waals surface area contributed by atoms with Gasteiger partial charge in [-0.15, -0.1) is 0 Å². The number of halogens is 3. The predicted octanol–water partition coefficient (Wildman–Crippen LogP) is 4.34. The summed E-state index contributed by atoms with van der Waals surface area (Å²) in [5, 5.41) is 10.3. The molecule has 4 nitrogen and oxygen atoms in total. The van der Waals surface area contributed by atoms with Gasteiger partial charge >= 0.3 is 6.18 Å². The summed E-state index contributed by atoms with van der Waals surface area (Å²) in [6.07, 6.45) is -4.01. The van der Waals surface area contributed by atoms with E-state index in [-0.39, 0.29) is 18.7 Å². The Morgan fingerprint density at radius 1 is 1.12 bits per heavy atom. The Balaban J connectivity index is 3.10. The Kier molecular flexibility index (Phi) is 8.92. The summed E-state index contributed by atoms with van der Waals surface area (Å²) in [5.41, 5.74) is 0.0346. The normalized spacial score (nSPS) is 14.0. The number of aliphatic hydroxyl groups excluding tert-OH is 1. The Bertz CT molecular complexity index is 538. The molecule has 1 aromatic carbocycles. The van der Waals surface area contributed by atoms with E-state index in [0.717, 1.165) is 12.8 Å². The zero-order valence-corrected chi connectivity index (χ0v) is 15.6. The summed E-state index contributed by atoms with van der Waals surface area (Å²) < 4.78 is 45.8. The molecule has 0 fully saturated rings. The first-order chi connectivity index (χ1) is 12.3. The monoisotopic (exact) mass is 375 g/mol. The first kappa shape index (κ1) is 22.3. The molecule has 0 unspecified atom stereocenters. The van der Waals surface area contributed by atoms with Gasteiger partial charge in [-0.2, -0.15) is 13.2 Å². The van der Waals surface area contributed by atoms with Gasteiger partial charge in [0.05, 0.1) is 13.2 Å². The molecule has 148 valence electrons. The number of methoxy groups -OCH3 is 1. The molecule has 1 amide bonds. The summed E-state index contributed by atoms with van der Waals surface area (Å²) >= 11 is 0. The van der Waals surface area contributed by atoms with Crippen LogP contribution in [0.3, 0.4) is 0 Å². The van der Waals surface area contributed by atoms with Crippen LogP contribution in [0.4, 0.5) is 13.2 Å². The number of alkyl halides is 3. The van der Waals surface area contributed by atoms with Gasteiger partial charge in [0.1, 0.15) is 5.75 Å². The lowest BCUT2D eigenvalue weighted by Gasteiger charge is -2.31. The van der Waals surface area contributed by atoms with Crippen molar-refractivity contribution in [2.24, 2.45) is 5.92 Å². The van der Waals surface area contributed by atoms with Crippen molar-refractivity contribution in [2.75, 3.05) is 20.2 Å². The second-order valence-electron chi connectivity index (χ2n) is 6.27. The highest BCUT2D eigenvalue weighted by Crippen LogP contribution is 2.38. The van der Waals surface area contributed by atoms with E-state index in [1.54, 1.807) is 0 Å². The Hall–Kier alpha value is -1.76. The van der Waals surface area contributed by atoms with Crippen molar-refractivity contribution < 1.29 is 27.8 Å². The van der Waals surface area contributed by atoms with Gasteiger partial charge in [-0.1, -0.05) is 38.8 Å². The zero-order chi connectivity index (χ0) is 19.7. The highest BCUT2D eigenvalue weighted by molar-refractivity contribution is 5.80. The van der Waals surface area contributed by atoms with Gasteiger partial charge in [-0.25, -0.2) is 0 Å². The molecule has 26 heavy (non-hydrogen) atoms. The van der Waals surface area contributed by atoms with Crippen molar-refractivity contribution in [1.82, 2.24) is 4.90 Å². The highest BCUT2D eigenvalue weighted by Gasteiger charge is 2.51. The summed E-state index contributed by atoms with van der Waals surface area (Å²) in [5.74, 6) is -3.09. The van der Waals surface area contributed by atoms with Crippen LogP contribution in [-0.4, -0.2) is 42.3 Å². The van der Waals surface area contributed by atoms with Crippen molar-refractivity contribution in [3.63, 3.8) is 0 Å². The van der Waals surface area contributed by atoms with E-state index in [4.69, 9.17) is 4.74 Å². The van der Waals surface area contributed by atoms with Gasteiger partial charge in [-0.05, 0) is 30.5 Å². The smallest absolute Gasteiger partial charge is 0.403 e. The maximum absolute atomic E-state index is 13.6. The molecule has 1 aromatic rings. The fraction of sp³-hybridized carbons (Fsp3) is 0.632. The third-order valence-corrected chi connectivity index (χ3v) is 4.27. The molecular formula is C19H28F3NO3. The maximum atomic E-state index is 13.6. The average molecular weight is 375 g/mol. The van der Waals surface area contributed by atoms with E-state index in [2.05, 4.69) is 0 Å². The quantitative estimate of drug-likeness (QED) is 0.662. The first-order valence-electron chi connectivity index (χ1n) is 8.93. The average Bonchev–Trinajstić information content (AvgIpc) is 2.60. The fourth-order valence-electron chi connectivity index (χ4n) is 2.67. The fourth-order valence-corrected chi connectivity index (χ4v) is 2.67. The SMILES string of the molecule is CCCCN(CCCC)C(=O)[C@@H]([C@@H](O)c1ccc(OC)cc1)C(F)(F)F. The van der Waals surface area contributed by atoms with Crippen LogP contribution in [0.1, 0.15) is 51.2 Å². The third kappa shape index (κ3) is 6.20. The van der Waals surface area contributed by atoms with E-state index in [9.17, 15) is 23.1 Å². The molecule has 0 bridgehead atoms. The molecule has 1 rings (SSSR count). The van der Waals surface area contributed by atoms with Crippen molar-refractivity contribution in [3.05, 3.63) is 29.8 Å². The lowest BCUT2D eigenvalue weighted by Crippen LogP contribution is -2.46. The molecule has 0 aliphatic heterocycles. The molecule has 0 aliphatic carbocycles. The van der Waals surface area contributed by atoms with Crippen LogP contribution >= 0.6 is 0 Å². The summed E-state index contributed by atoms with van der Waals surface area (Å²) in [4.78, 5) is 13.9. The number of nitrogens with zero attached hydrogens (tertiary/aromatic N) is 1. The number of hydrogen-bond donors (Lipinski definition) is 1. The van der Waals surface area contributed by atoms with E-state index in [1.807, 2.05) is 13.8 Å². The molecule has 1 N–H and O–H groups in total. The van der Waals surface area contributed by atoms with E-state index in [1.165, 1.54) is 36.3 Å². The zero-order valence-electron chi connectivity index (χ0n) is 15.6. The lowest BCUT2D eigenvalue weighted by atomic mass is 9.93. The molecule has 0 saturated carbocycles. The molecule has 0 spiro atoms. The van der Waals surface area contributed by atoms with E-state index < -0.39 is 24.1 Å². The van der Waals surface area contributed by atoms with Gasteiger partial charge in [0, 0.05) is 13.1 Å². The van der Waals surface area contributed by atoms with Crippen LogP contribution in [0.25, 0.3) is 0 Å². The van der Waals surface area contributed by atoms with Crippen molar-refractivity contribution in [1.29, 1.82) is 0 Å². The number of carbonyl (C=O) groups excluding carboxylic acids is 1. The second kappa shape index (κ2) is 10.4. The van der Waals surface area contributed by atoms with Gasteiger partial charge in [-0.3, -0.25) is 4.79 Å². The number of hydrogen-bond acceptors (Lipinski definition) is 3. The predicted molar refractivity (Wildman–Crippen MR) is 93.9 cm³/mol. The minimum absolute atomic E-state index is 0.0346. The number of rotatable bonds is 10. The molecule has 0 heterocycles. The van der Waals surface area contributed by atoms with Gasteiger partial charge in [0.25, 0.3) is 0 Å². The molecule has 0 radical (unpaired) electrons. The minimum atomic E-state index is -4.84. The summed E-state index contributed by atoms with van der Waals surface area (Å²) in [6, 6.07) is 5.61. The lowest BCUT2D eigenvalue weighted by molar-refractivity contribution is -0.208. The van der Waals surface area contributed by atoms with Crippen molar-refractivity contribution in [2.45, 2.75) is 51.8 Å². The van der Waals surface area contributed by atoms with Crippen LogP contribution in [-0.2, 0) is 4.79 Å². The van der Waals surface area contributed by atoms with Gasteiger partial charge in [0.15, 0.2) is 5.92 Å². The van der Waals surface area contributed by atoms with Crippen LogP contribution < -0.4 is 4.74 Å². The highest BCUT2D eigenvalue weighted by atomic mass is 19.4. The third-order valence-electron chi connectivity index (χ3n) is 4.27. The number of carbonyl (C=O) groups is 1. The Morgan fingerprint density at radius 2 is 1.62 bits per heavy atom. The van der Waals surface area contributed by atoms with Gasteiger partial charge in [0.2, 0.25) is 5.91 Å². The van der Waals surface area contributed by atoms with Crippen molar-refractivity contribution in [3.8, 4) is 5.75 Å². The molecule has 2 atom stereocenters. The Labute approximate surface area is 153 Å². The molecule has 0 saturated heterocycles. The van der Waals surface area contributed by atoms with Crippen LogP contribution in [0.5, 0.6) is 5.75 Å². The van der Waals surface area contributed by atoms with Crippen molar-refractivity contribution >= 4 is 5.91 Å². The van der Waals surface area contributed by atoms with Crippen LogP contribution in [0, 0.1) is 5.92 Å². The van der Waals surface area contributed by atoms with Crippen LogP contribution in [0.15, 0.2) is 24.3 Å². The van der Waals surface area contributed by atoms with Crippen LogP contribution in [0.2, 0.25) is 0 Å². The number of unbranched alkanes of at least 4 members (excludes halogenated alkanes) is 2. The summed E-state index contributed by atoms with van der Waals surface area (Å²) in [7, 11) is 1.44. The summed E-state index contributed by atoms with van der Waals surface area (Å²) in [6.45, 7) is 4.35.